The number of carboxylic acids is 1. The van der Waals surface area contributed by atoms with Gasteiger partial charge in [0, 0.05) is 11.9 Å². The molecule has 3 heteroatoms. The third-order valence-electron chi connectivity index (χ3n) is 2.55. The van der Waals surface area contributed by atoms with E-state index < -0.39 is 5.97 Å². The molecule has 0 aliphatic heterocycles. The van der Waals surface area contributed by atoms with Gasteiger partial charge in [-0.05, 0) is 30.9 Å². The van der Waals surface area contributed by atoms with Crippen molar-refractivity contribution in [2.24, 2.45) is 5.92 Å². The third-order valence-corrected chi connectivity index (χ3v) is 2.55. The van der Waals surface area contributed by atoms with Gasteiger partial charge in [0.1, 0.15) is 0 Å². The maximum atomic E-state index is 10.6. The van der Waals surface area contributed by atoms with Gasteiger partial charge in [-0.2, -0.15) is 0 Å². The van der Waals surface area contributed by atoms with Gasteiger partial charge in [-0.25, -0.2) is 0 Å². The molecule has 1 aliphatic rings. The number of pyridine rings is 1. The Morgan fingerprint density at radius 2 is 2.46 bits per heavy atom. The molecule has 1 fully saturated rings. The summed E-state index contributed by atoms with van der Waals surface area (Å²) in [6.07, 6.45) is 2.50. The van der Waals surface area contributed by atoms with Crippen LogP contribution in [-0.4, -0.2) is 16.1 Å². The number of carboxylic acid groups (broad SMARTS) is 1. The van der Waals surface area contributed by atoms with Crippen molar-refractivity contribution in [2.45, 2.75) is 19.3 Å². The van der Waals surface area contributed by atoms with Crippen LogP contribution in [0.4, 0.5) is 0 Å². The van der Waals surface area contributed by atoms with Crippen molar-refractivity contribution in [3.63, 3.8) is 0 Å². The Morgan fingerprint density at radius 3 is 3.00 bits per heavy atom. The second-order valence-corrected chi connectivity index (χ2v) is 3.46. The zero-order valence-corrected chi connectivity index (χ0v) is 7.40. The number of hydrogen-bond donors (Lipinski definition) is 1. The van der Waals surface area contributed by atoms with Crippen molar-refractivity contribution in [3.05, 3.63) is 29.6 Å². The maximum absolute atomic E-state index is 10.6. The molecule has 1 aromatic rings. The predicted octanol–water partition coefficient (Wildman–Crippen LogP) is 1.58. The number of aliphatic carboxylic acids is 1. The molecule has 1 saturated carbocycles. The van der Waals surface area contributed by atoms with Crippen LogP contribution in [0.5, 0.6) is 0 Å². The second kappa shape index (κ2) is 2.83. The summed E-state index contributed by atoms with van der Waals surface area (Å²) in [7, 11) is 0. The molecule has 0 radical (unpaired) electrons. The van der Waals surface area contributed by atoms with Crippen molar-refractivity contribution in [3.8, 4) is 0 Å². The normalized spacial score (nSPS) is 25.6. The Balaban J connectivity index is 2.21. The number of rotatable bonds is 2. The first-order valence-corrected chi connectivity index (χ1v) is 4.34. The van der Waals surface area contributed by atoms with Crippen molar-refractivity contribution in [1.82, 2.24) is 4.98 Å². The largest absolute Gasteiger partial charge is 0.481 e. The van der Waals surface area contributed by atoms with Crippen LogP contribution < -0.4 is 0 Å². The molecule has 0 spiro atoms. The van der Waals surface area contributed by atoms with Gasteiger partial charge in [0.25, 0.3) is 0 Å². The Kier molecular flexibility index (Phi) is 1.79. The Labute approximate surface area is 76.4 Å². The number of aromatic nitrogens is 1. The average Bonchev–Trinajstić information content (AvgIpc) is 2.84. The smallest absolute Gasteiger partial charge is 0.307 e. The van der Waals surface area contributed by atoms with Gasteiger partial charge < -0.3 is 5.11 Å². The van der Waals surface area contributed by atoms with Gasteiger partial charge in [-0.15, -0.1) is 0 Å². The van der Waals surface area contributed by atoms with E-state index in [0.717, 1.165) is 17.7 Å². The molecule has 0 amide bonds. The standard InChI is InChI=1S/C10H11NO2/c1-6-7(3-2-4-11-6)8-5-9(8)10(12)13/h2-4,8-9H,5H2,1H3,(H,12,13)/t8?,9-/m0/s1. The molecule has 2 rings (SSSR count). The number of aryl methyl sites for hydroxylation is 1. The van der Waals surface area contributed by atoms with Crippen LogP contribution in [0.1, 0.15) is 23.6 Å². The van der Waals surface area contributed by atoms with Gasteiger partial charge in [-0.3, -0.25) is 9.78 Å². The fraction of sp³-hybridized carbons (Fsp3) is 0.400. The second-order valence-electron chi connectivity index (χ2n) is 3.46. The van der Waals surface area contributed by atoms with E-state index in [9.17, 15) is 4.79 Å². The summed E-state index contributed by atoms with van der Waals surface area (Å²) < 4.78 is 0. The van der Waals surface area contributed by atoms with Gasteiger partial charge >= 0.3 is 5.97 Å². The minimum Gasteiger partial charge on any atom is -0.481 e. The first-order valence-electron chi connectivity index (χ1n) is 4.34. The van der Waals surface area contributed by atoms with E-state index in [-0.39, 0.29) is 11.8 Å². The van der Waals surface area contributed by atoms with E-state index in [1.54, 1.807) is 6.20 Å². The van der Waals surface area contributed by atoms with Crippen LogP contribution in [-0.2, 0) is 4.79 Å². The van der Waals surface area contributed by atoms with Crippen LogP contribution in [0, 0.1) is 12.8 Å². The molecule has 2 atom stereocenters. The van der Waals surface area contributed by atoms with E-state index in [1.807, 2.05) is 19.1 Å². The highest BCUT2D eigenvalue weighted by atomic mass is 16.4. The van der Waals surface area contributed by atoms with Gasteiger partial charge in [-0.1, -0.05) is 6.07 Å². The molecule has 0 bridgehead atoms. The molecule has 1 heterocycles. The Bertz CT molecular complexity index is 349. The van der Waals surface area contributed by atoms with Crippen LogP contribution in [0.3, 0.4) is 0 Å². The van der Waals surface area contributed by atoms with Crippen LogP contribution >= 0.6 is 0 Å². The molecule has 1 N–H and O–H groups in total. The van der Waals surface area contributed by atoms with Crippen molar-refractivity contribution >= 4 is 5.97 Å². The van der Waals surface area contributed by atoms with Gasteiger partial charge in [0.2, 0.25) is 0 Å². The summed E-state index contributed by atoms with van der Waals surface area (Å²) in [5.41, 5.74) is 2.05. The fourth-order valence-corrected chi connectivity index (χ4v) is 1.70. The summed E-state index contributed by atoms with van der Waals surface area (Å²) in [5.74, 6) is -0.664. The average molecular weight is 177 g/mol. The van der Waals surface area contributed by atoms with E-state index in [2.05, 4.69) is 4.98 Å². The first-order chi connectivity index (χ1) is 6.20. The zero-order valence-electron chi connectivity index (χ0n) is 7.40. The highest BCUT2D eigenvalue weighted by Gasteiger charge is 2.44. The monoisotopic (exact) mass is 177 g/mol. The molecular formula is C10H11NO2. The van der Waals surface area contributed by atoms with Gasteiger partial charge in [0.05, 0.1) is 5.92 Å². The van der Waals surface area contributed by atoms with Crippen LogP contribution in [0.25, 0.3) is 0 Å². The Hall–Kier alpha value is -1.38. The van der Waals surface area contributed by atoms with Crippen molar-refractivity contribution in [2.75, 3.05) is 0 Å². The lowest BCUT2D eigenvalue weighted by Crippen LogP contribution is -2.00. The van der Waals surface area contributed by atoms with Gasteiger partial charge in [0.15, 0.2) is 0 Å². The summed E-state index contributed by atoms with van der Waals surface area (Å²) in [6, 6.07) is 3.83. The van der Waals surface area contributed by atoms with E-state index in [4.69, 9.17) is 5.11 Å². The summed E-state index contributed by atoms with van der Waals surface area (Å²) in [5, 5.41) is 8.76. The van der Waals surface area contributed by atoms with E-state index >= 15 is 0 Å². The molecular weight excluding hydrogens is 166 g/mol. The Morgan fingerprint density at radius 1 is 1.69 bits per heavy atom. The first kappa shape index (κ1) is 8.23. The van der Waals surface area contributed by atoms with E-state index in [1.165, 1.54) is 0 Å². The van der Waals surface area contributed by atoms with Crippen molar-refractivity contribution < 1.29 is 9.90 Å². The lowest BCUT2D eigenvalue weighted by Gasteiger charge is -2.01. The minimum atomic E-state index is -0.687. The SMILES string of the molecule is Cc1ncccc1C1C[C@@H]1C(=O)O. The lowest BCUT2D eigenvalue weighted by atomic mass is 10.1. The summed E-state index contributed by atoms with van der Waals surface area (Å²) >= 11 is 0. The number of carbonyl (C=O) groups is 1. The molecule has 1 aliphatic carbocycles. The molecule has 13 heavy (non-hydrogen) atoms. The quantitative estimate of drug-likeness (QED) is 0.746. The molecule has 3 nitrogen and oxygen atoms in total. The highest BCUT2D eigenvalue weighted by molar-refractivity contribution is 5.75. The summed E-state index contributed by atoms with van der Waals surface area (Å²) in [6.45, 7) is 1.92. The van der Waals surface area contributed by atoms with Crippen molar-refractivity contribution in [1.29, 1.82) is 0 Å². The zero-order chi connectivity index (χ0) is 9.42. The van der Waals surface area contributed by atoms with E-state index in [0.29, 0.717) is 0 Å². The molecule has 68 valence electrons. The van der Waals surface area contributed by atoms with Crippen LogP contribution in [0.2, 0.25) is 0 Å². The third kappa shape index (κ3) is 1.41. The predicted molar refractivity (Wildman–Crippen MR) is 47.5 cm³/mol. The summed E-state index contributed by atoms with van der Waals surface area (Å²) in [4.78, 5) is 14.8. The topological polar surface area (TPSA) is 50.2 Å². The molecule has 1 unspecified atom stereocenters. The lowest BCUT2D eigenvalue weighted by molar-refractivity contribution is -0.138. The minimum absolute atomic E-state index is 0.178. The highest BCUT2D eigenvalue weighted by Crippen LogP contribution is 2.48. The number of hydrogen-bond acceptors (Lipinski definition) is 2. The maximum Gasteiger partial charge on any atom is 0.307 e. The molecule has 0 aromatic carbocycles. The molecule has 0 saturated heterocycles. The van der Waals surface area contributed by atoms with Crippen LogP contribution in [0.15, 0.2) is 18.3 Å². The molecule has 1 aromatic heterocycles. The fourth-order valence-electron chi connectivity index (χ4n) is 1.70. The number of nitrogens with zero attached hydrogens (tertiary/aromatic N) is 1.